The van der Waals surface area contributed by atoms with Gasteiger partial charge in [0.25, 0.3) is 10.0 Å². The van der Waals surface area contributed by atoms with Gasteiger partial charge < -0.3 is 10.6 Å². The molecule has 1 aromatic heterocycles. The van der Waals surface area contributed by atoms with Crippen LogP contribution >= 0.6 is 34.5 Å². The van der Waals surface area contributed by atoms with Crippen LogP contribution in [0.15, 0.2) is 58.9 Å². The molecule has 0 fully saturated rings. The van der Waals surface area contributed by atoms with Gasteiger partial charge in [0.05, 0.1) is 10.7 Å². The Labute approximate surface area is 199 Å². The van der Waals surface area contributed by atoms with Crippen molar-refractivity contribution in [3.05, 3.63) is 75.5 Å². The third-order valence-electron chi connectivity index (χ3n) is 4.91. The average molecular weight is 513 g/mol. The molecule has 4 rings (SSSR count). The predicted octanol–water partition coefficient (Wildman–Crippen LogP) is 5.25. The van der Waals surface area contributed by atoms with E-state index in [1.165, 1.54) is 6.20 Å². The van der Waals surface area contributed by atoms with Gasteiger partial charge in [-0.25, -0.2) is 17.8 Å². The minimum atomic E-state index is -4.16. The monoisotopic (exact) mass is 512 g/mol. The van der Waals surface area contributed by atoms with E-state index in [1.807, 2.05) is 24.3 Å². The highest BCUT2D eigenvalue weighted by molar-refractivity contribution is 7.93. The van der Waals surface area contributed by atoms with Gasteiger partial charge in [0.15, 0.2) is 5.13 Å². The van der Waals surface area contributed by atoms with Gasteiger partial charge in [0, 0.05) is 29.2 Å². The number of halogens is 3. The lowest BCUT2D eigenvalue weighted by atomic mass is 9.94. The highest BCUT2D eigenvalue weighted by atomic mass is 35.5. The van der Waals surface area contributed by atoms with E-state index in [9.17, 15) is 12.8 Å². The Morgan fingerprint density at radius 1 is 1.22 bits per heavy atom. The van der Waals surface area contributed by atoms with Crippen LogP contribution in [0.3, 0.4) is 0 Å². The maximum absolute atomic E-state index is 14.7. The third-order valence-corrected chi connectivity index (χ3v) is 7.65. The van der Waals surface area contributed by atoms with Crippen LogP contribution in [-0.4, -0.2) is 32.5 Å². The topological polar surface area (TPSA) is 83.1 Å². The molecular weight excluding hydrogens is 494 g/mol. The van der Waals surface area contributed by atoms with Crippen molar-refractivity contribution < 1.29 is 12.8 Å². The molecule has 0 aliphatic carbocycles. The highest BCUT2D eigenvalue weighted by Crippen LogP contribution is 2.30. The summed E-state index contributed by atoms with van der Waals surface area (Å²) in [7, 11) is -4.16. The Kier molecular flexibility index (Phi) is 7.02. The number of thiazole rings is 1. The van der Waals surface area contributed by atoms with Crippen LogP contribution in [-0.2, 0) is 10.0 Å². The molecule has 0 amide bonds. The fourth-order valence-electron chi connectivity index (χ4n) is 3.41. The van der Waals surface area contributed by atoms with Crippen molar-refractivity contribution in [2.24, 2.45) is 0 Å². The molecule has 1 unspecified atom stereocenters. The largest absolute Gasteiger partial charge is 0.382 e. The van der Waals surface area contributed by atoms with Crippen molar-refractivity contribution in [3.63, 3.8) is 0 Å². The molecule has 0 bridgehead atoms. The zero-order chi connectivity index (χ0) is 22.7. The van der Waals surface area contributed by atoms with Crippen LogP contribution in [0.5, 0.6) is 0 Å². The number of hydrogen-bond donors (Lipinski definition) is 3. The first-order valence-corrected chi connectivity index (χ1v) is 12.8. The molecule has 0 spiro atoms. The second-order valence-electron chi connectivity index (χ2n) is 7.05. The summed E-state index contributed by atoms with van der Waals surface area (Å²) in [5.41, 5.74) is 2.45. The Morgan fingerprint density at radius 3 is 2.72 bits per heavy atom. The molecular formula is C21H19Cl2FN4O2S2. The number of rotatable bonds is 7. The van der Waals surface area contributed by atoms with Gasteiger partial charge in [-0.3, -0.25) is 4.72 Å². The van der Waals surface area contributed by atoms with E-state index in [0.29, 0.717) is 17.3 Å². The van der Waals surface area contributed by atoms with Gasteiger partial charge in [-0.1, -0.05) is 41.4 Å². The first-order chi connectivity index (χ1) is 15.3. The number of aromatic nitrogens is 1. The predicted molar refractivity (Wildman–Crippen MR) is 129 cm³/mol. The molecule has 32 heavy (non-hydrogen) atoms. The molecule has 0 saturated heterocycles. The second-order valence-corrected chi connectivity index (χ2v) is 10.4. The zero-order valence-electron chi connectivity index (χ0n) is 16.6. The molecule has 0 radical (unpaired) electrons. The van der Waals surface area contributed by atoms with Crippen LogP contribution in [0, 0.1) is 5.82 Å². The van der Waals surface area contributed by atoms with Gasteiger partial charge in [-0.15, -0.1) is 11.3 Å². The van der Waals surface area contributed by atoms with E-state index in [0.717, 1.165) is 47.6 Å². The van der Waals surface area contributed by atoms with E-state index < -0.39 is 20.7 Å². The summed E-state index contributed by atoms with van der Waals surface area (Å²) in [5.74, 6) is -0.911. The zero-order valence-corrected chi connectivity index (χ0v) is 19.8. The molecule has 3 aromatic rings. The van der Waals surface area contributed by atoms with Crippen molar-refractivity contribution in [3.8, 4) is 0 Å². The summed E-state index contributed by atoms with van der Waals surface area (Å²) in [6, 6.07) is 9.72. The van der Waals surface area contributed by atoms with Crippen LogP contribution in [0.2, 0.25) is 10.0 Å². The first-order valence-electron chi connectivity index (χ1n) is 9.68. The van der Waals surface area contributed by atoms with Crippen molar-refractivity contribution in [1.29, 1.82) is 0 Å². The maximum atomic E-state index is 14.7. The number of benzene rings is 2. The molecule has 2 aromatic carbocycles. The molecule has 3 N–H and O–H groups in total. The fraction of sp³-hybridized carbons (Fsp3) is 0.190. The second kappa shape index (κ2) is 9.76. The summed E-state index contributed by atoms with van der Waals surface area (Å²) in [5, 5.41) is 9.08. The van der Waals surface area contributed by atoms with E-state index in [-0.39, 0.29) is 16.2 Å². The first kappa shape index (κ1) is 23.0. The van der Waals surface area contributed by atoms with Crippen molar-refractivity contribution in [2.45, 2.75) is 17.4 Å². The van der Waals surface area contributed by atoms with E-state index in [2.05, 4.69) is 26.4 Å². The summed E-state index contributed by atoms with van der Waals surface area (Å²) in [6.45, 7) is 1.24. The minimum absolute atomic E-state index is 0.0426. The number of anilines is 2. The Hall–Kier alpha value is -2.17. The SMILES string of the molecule is O=S(=O)(Nc1nccs1)c1cc(Cl)c(NCC2NCCC=C2c2ccc(Cl)cc2)cc1F. The lowest BCUT2D eigenvalue weighted by Gasteiger charge is -2.27. The van der Waals surface area contributed by atoms with Crippen LogP contribution in [0.1, 0.15) is 12.0 Å². The van der Waals surface area contributed by atoms with Crippen molar-refractivity contribution in [1.82, 2.24) is 10.3 Å². The summed E-state index contributed by atoms with van der Waals surface area (Å²) < 4.78 is 42.0. The van der Waals surface area contributed by atoms with Gasteiger partial charge in [0.2, 0.25) is 0 Å². The minimum Gasteiger partial charge on any atom is -0.382 e. The average Bonchev–Trinajstić information content (AvgIpc) is 3.27. The van der Waals surface area contributed by atoms with E-state index >= 15 is 0 Å². The van der Waals surface area contributed by atoms with E-state index in [4.69, 9.17) is 23.2 Å². The van der Waals surface area contributed by atoms with Crippen molar-refractivity contribution >= 4 is 61.0 Å². The number of nitrogens with zero attached hydrogens (tertiary/aromatic N) is 1. The Bertz CT molecular complexity index is 1230. The van der Waals surface area contributed by atoms with Crippen LogP contribution < -0.4 is 15.4 Å². The highest BCUT2D eigenvalue weighted by Gasteiger charge is 2.24. The fourth-order valence-corrected chi connectivity index (χ4v) is 5.70. The smallest absolute Gasteiger partial charge is 0.266 e. The van der Waals surface area contributed by atoms with E-state index in [1.54, 1.807) is 5.38 Å². The van der Waals surface area contributed by atoms with Crippen molar-refractivity contribution in [2.75, 3.05) is 23.1 Å². The number of sulfonamides is 1. The standard InChI is InChI=1S/C21H19Cl2FN4O2S2/c22-14-5-3-13(4-6-14)15-2-1-7-25-19(15)12-27-18-11-17(24)20(10-16(18)23)32(29,30)28-21-26-8-9-31-21/h2-6,8-11,19,25,27H,1,7,12H2,(H,26,28). The Morgan fingerprint density at radius 2 is 2.00 bits per heavy atom. The van der Waals surface area contributed by atoms with Gasteiger partial charge in [0.1, 0.15) is 10.7 Å². The lowest BCUT2D eigenvalue weighted by molar-refractivity contribution is 0.570. The molecule has 0 saturated carbocycles. The molecule has 1 aliphatic heterocycles. The van der Waals surface area contributed by atoms with Gasteiger partial charge in [-0.05, 0) is 48.4 Å². The normalized spacial score (nSPS) is 16.5. The number of hydrogen-bond acceptors (Lipinski definition) is 6. The third kappa shape index (κ3) is 5.24. The molecule has 168 valence electrons. The van der Waals surface area contributed by atoms with Gasteiger partial charge >= 0.3 is 0 Å². The molecule has 1 atom stereocenters. The Balaban J connectivity index is 1.51. The quantitative estimate of drug-likeness (QED) is 0.402. The lowest BCUT2D eigenvalue weighted by Crippen LogP contribution is -2.39. The van der Waals surface area contributed by atoms with Gasteiger partial charge in [-0.2, -0.15) is 0 Å². The molecule has 6 nitrogen and oxygen atoms in total. The molecule has 11 heteroatoms. The summed E-state index contributed by atoms with van der Waals surface area (Å²) in [6.07, 6.45) is 4.50. The number of nitrogens with one attached hydrogen (secondary N) is 3. The molecule has 1 aliphatic rings. The van der Waals surface area contributed by atoms with Crippen LogP contribution in [0.25, 0.3) is 5.57 Å². The molecule has 2 heterocycles. The van der Waals surface area contributed by atoms with Crippen LogP contribution in [0.4, 0.5) is 15.2 Å². The maximum Gasteiger partial charge on any atom is 0.266 e. The summed E-state index contributed by atoms with van der Waals surface area (Å²) in [4.78, 5) is 3.31. The summed E-state index contributed by atoms with van der Waals surface area (Å²) >= 11 is 13.4.